The predicted octanol–water partition coefficient (Wildman–Crippen LogP) is 2.66. The highest BCUT2D eigenvalue weighted by atomic mass is 19.4. The van der Waals surface area contributed by atoms with E-state index in [0.29, 0.717) is 0 Å². The molecule has 0 aliphatic heterocycles. The van der Waals surface area contributed by atoms with Gasteiger partial charge in [0.25, 0.3) is 0 Å². The van der Waals surface area contributed by atoms with Crippen molar-refractivity contribution >= 4 is 5.69 Å². The molecule has 2 N–H and O–H groups in total. The topological polar surface area (TPSA) is 35.2 Å². The smallest absolute Gasteiger partial charge is 0.422 e. The molecule has 1 rings (SSSR count). The minimum absolute atomic E-state index is 0.151. The molecule has 15 heavy (non-hydrogen) atoms. The Morgan fingerprint density at radius 3 is 2.47 bits per heavy atom. The standard InChI is InChI=1S/C9H9F4NO/c1-5-2-8(7(14)3-6(5)10)15-4-9(11,12)13/h2-3H,4,14H2,1H3. The molecule has 0 heterocycles. The van der Waals surface area contributed by atoms with Crippen molar-refractivity contribution in [3.05, 3.63) is 23.5 Å². The lowest BCUT2D eigenvalue weighted by Crippen LogP contribution is -2.19. The maximum atomic E-state index is 12.9. The SMILES string of the molecule is Cc1cc(OCC(F)(F)F)c(N)cc1F. The van der Waals surface area contributed by atoms with Crippen LogP contribution in [0.4, 0.5) is 23.2 Å². The summed E-state index contributed by atoms with van der Waals surface area (Å²) in [6.45, 7) is -0.0303. The lowest BCUT2D eigenvalue weighted by atomic mass is 10.2. The molecule has 1 aromatic carbocycles. The number of nitrogen functional groups attached to an aromatic ring is 1. The number of benzene rings is 1. The molecule has 0 atom stereocenters. The fourth-order valence-corrected chi connectivity index (χ4v) is 0.955. The second-order valence-electron chi connectivity index (χ2n) is 3.04. The number of nitrogens with two attached hydrogens (primary N) is 1. The summed E-state index contributed by atoms with van der Waals surface area (Å²) in [5.41, 5.74) is 5.32. The first-order valence-electron chi connectivity index (χ1n) is 4.05. The van der Waals surface area contributed by atoms with E-state index in [1.807, 2.05) is 0 Å². The van der Waals surface area contributed by atoms with E-state index >= 15 is 0 Å². The van der Waals surface area contributed by atoms with Crippen LogP contribution in [0, 0.1) is 12.7 Å². The lowest BCUT2D eigenvalue weighted by molar-refractivity contribution is -0.153. The molecule has 0 aliphatic carbocycles. The fraction of sp³-hybridized carbons (Fsp3) is 0.333. The molecule has 6 heteroatoms. The van der Waals surface area contributed by atoms with Gasteiger partial charge in [0.05, 0.1) is 5.69 Å². The lowest BCUT2D eigenvalue weighted by Gasteiger charge is -2.11. The van der Waals surface area contributed by atoms with E-state index in [2.05, 4.69) is 4.74 Å². The van der Waals surface area contributed by atoms with Crippen LogP contribution >= 0.6 is 0 Å². The summed E-state index contributed by atoms with van der Waals surface area (Å²) in [4.78, 5) is 0. The van der Waals surface area contributed by atoms with Gasteiger partial charge in [-0.2, -0.15) is 13.2 Å². The average Bonchev–Trinajstić information content (AvgIpc) is 2.07. The third-order valence-corrected chi connectivity index (χ3v) is 1.68. The van der Waals surface area contributed by atoms with Gasteiger partial charge in [0, 0.05) is 6.07 Å². The number of anilines is 1. The van der Waals surface area contributed by atoms with Crippen LogP contribution in [0.25, 0.3) is 0 Å². The zero-order valence-electron chi connectivity index (χ0n) is 7.86. The number of hydrogen-bond acceptors (Lipinski definition) is 2. The van der Waals surface area contributed by atoms with Crippen LogP contribution in [-0.4, -0.2) is 12.8 Å². The van der Waals surface area contributed by atoms with Crippen LogP contribution in [0.5, 0.6) is 5.75 Å². The minimum Gasteiger partial charge on any atom is -0.482 e. The van der Waals surface area contributed by atoms with Gasteiger partial charge in [0.15, 0.2) is 6.61 Å². The number of hydrogen-bond donors (Lipinski definition) is 1. The van der Waals surface area contributed by atoms with Gasteiger partial charge in [-0.1, -0.05) is 0 Å². The quantitative estimate of drug-likeness (QED) is 0.618. The van der Waals surface area contributed by atoms with Crippen molar-refractivity contribution in [1.82, 2.24) is 0 Å². The maximum Gasteiger partial charge on any atom is 0.422 e. The van der Waals surface area contributed by atoms with Crippen molar-refractivity contribution in [2.45, 2.75) is 13.1 Å². The molecule has 0 aromatic heterocycles. The molecule has 0 fully saturated rings. The minimum atomic E-state index is -4.44. The van der Waals surface area contributed by atoms with Gasteiger partial charge in [-0.15, -0.1) is 0 Å². The van der Waals surface area contributed by atoms with Gasteiger partial charge < -0.3 is 10.5 Å². The van der Waals surface area contributed by atoms with Gasteiger partial charge in [0.2, 0.25) is 0 Å². The number of alkyl halides is 3. The van der Waals surface area contributed by atoms with Gasteiger partial charge in [-0.25, -0.2) is 4.39 Å². The van der Waals surface area contributed by atoms with Crippen molar-refractivity contribution < 1.29 is 22.3 Å². The van der Waals surface area contributed by atoms with E-state index in [1.165, 1.54) is 6.92 Å². The second kappa shape index (κ2) is 3.96. The second-order valence-corrected chi connectivity index (χ2v) is 3.04. The van der Waals surface area contributed by atoms with E-state index in [4.69, 9.17) is 5.73 Å². The van der Waals surface area contributed by atoms with Crippen molar-refractivity contribution in [2.75, 3.05) is 12.3 Å². The monoisotopic (exact) mass is 223 g/mol. The molecule has 0 saturated carbocycles. The highest BCUT2D eigenvalue weighted by Gasteiger charge is 2.28. The fourth-order valence-electron chi connectivity index (χ4n) is 0.955. The molecule has 0 amide bonds. The van der Waals surface area contributed by atoms with Crippen LogP contribution in [0.1, 0.15) is 5.56 Å². The summed E-state index contributed by atoms with van der Waals surface area (Å²) in [7, 11) is 0. The highest BCUT2D eigenvalue weighted by molar-refractivity contribution is 5.54. The van der Waals surface area contributed by atoms with Crippen LogP contribution in [0.3, 0.4) is 0 Å². The Balaban J connectivity index is 2.82. The average molecular weight is 223 g/mol. The first-order chi connectivity index (χ1) is 6.79. The number of halogens is 4. The Morgan fingerprint density at radius 1 is 1.33 bits per heavy atom. The Hall–Kier alpha value is -1.46. The largest absolute Gasteiger partial charge is 0.482 e. The van der Waals surface area contributed by atoms with Crippen molar-refractivity contribution in [3.8, 4) is 5.75 Å². The maximum absolute atomic E-state index is 12.9. The zero-order valence-corrected chi connectivity index (χ0v) is 7.86. The Bertz CT molecular complexity index is 362. The molecule has 2 nitrogen and oxygen atoms in total. The van der Waals surface area contributed by atoms with E-state index in [9.17, 15) is 17.6 Å². The van der Waals surface area contributed by atoms with Crippen LogP contribution in [0.15, 0.2) is 12.1 Å². The Kier molecular flexibility index (Phi) is 3.06. The molecule has 0 bridgehead atoms. The van der Waals surface area contributed by atoms with Gasteiger partial charge in [-0.3, -0.25) is 0 Å². The van der Waals surface area contributed by atoms with E-state index in [0.717, 1.165) is 12.1 Å². The molecule has 0 radical (unpaired) electrons. The molecular weight excluding hydrogens is 214 g/mol. The summed E-state index contributed by atoms with van der Waals surface area (Å²) >= 11 is 0. The van der Waals surface area contributed by atoms with Crippen LogP contribution in [0.2, 0.25) is 0 Å². The summed E-state index contributed by atoms with van der Waals surface area (Å²) in [5, 5.41) is 0. The molecule has 0 saturated heterocycles. The first-order valence-corrected chi connectivity index (χ1v) is 4.05. The van der Waals surface area contributed by atoms with Gasteiger partial charge in [-0.05, 0) is 18.6 Å². The van der Waals surface area contributed by atoms with Crippen LogP contribution in [-0.2, 0) is 0 Å². The van der Waals surface area contributed by atoms with E-state index in [1.54, 1.807) is 0 Å². The molecule has 0 spiro atoms. The predicted molar refractivity (Wildman–Crippen MR) is 47.1 cm³/mol. The molecule has 0 unspecified atom stereocenters. The Labute approximate surface area is 83.6 Å². The van der Waals surface area contributed by atoms with Crippen molar-refractivity contribution in [2.24, 2.45) is 0 Å². The Morgan fingerprint density at radius 2 is 1.93 bits per heavy atom. The molecule has 1 aromatic rings. The number of ether oxygens (including phenoxy) is 1. The normalized spacial score (nSPS) is 11.5. The van der Waals surface area contributed by atoms with E-state index < -0.39 is 18.6 Å². The van der Waals surface area contributed by atoms with E-state index in [-0.39, 0.29) is 17.0 Å². The molecular formula is C9H9F4NO. The zero-order chi connectivity index (χ0) is 11.6. The third-order valence-electron chi connectivity index (χ3n) is 1.68. The number of aryl methyl sites for hydroxylation is 1. The number of rotatable bonds is 2. The first kappa shape index (κ1) is 11.6. The van der Waals surface area contributed by atoms with Crippen LogP contribution < -0.4 is 10.5 Å². The molecule has 0 aliphatic rings. The van der Waals surface area contributed by atoms with Crippen molar-refractivity contribution in [1.29, 1.82) is 0 Å². The summed E-state index contributed by atoms with van der Waals surface area (Å²) in [6.07, 6.45) is -4.44. The third kappa shape index (κ3) is 3.30. The summed E-state index contributed by atoms with van der Waals surface area (Å²) < 4.78 is 52.7. The van der Waals surface area contributed by atoms with Crippen molar-refractivity contribution in [3.63, 3.8) is 0 Å². The van der Waals surface area contributed by atoms with Gasteiger partial charge >= 0.3 is 6.18 Å². The highest BCUT2D eigenvalue weighted by Crippen LogP contribution is 2.26. The summed E-state index contributed by atoms with van der Waals surface area (Å²) in [5.74, 6) is -0.738. The summed E-state index contributed by atoms with van der Waals surface area (Å²) in [6, 6.07) is 2.07. The van der Waals surface area contributed by atoms with Gasteiger partial charge in [0.1, 0.15) is 11.6 Å². The molecule has 84 valence electrons.